The van der Waals surface area contributed by atoms with Crippen LogP contribution in [0.4, 0.5) is 8.78 Å². The van der Waals surface area contributed by atoms with E-state index in [-0.39, 0.29) is 6.10 Å². The number of carboxylic acid groups (broad SMARTS) is 2. The first-order valence-electron chi connectivity index (χ1n) is 8.86. The lowest BCUT2D eigenvalue weighted by atomic mass is 10.00. The third kappa shape index (κ3) is 7.44. The number of benzene rings is 2. The van der Waals surface area contributed by atoms with E-state index >= 15 is 0 Å². The number of rotatable bonds is 6. The van der Waals surface area contributed by atoms with Crippen LogP contribution in [0.25, 0.3) is 11.1 Å². The summed E-state index contributed by atoms with van der Waals surface area (Å²) >= 11 is 0. The Balaban J connectivity index is 0.000000321. The van der Waals surface area contributed by atoms with E-state index in [1.165, 1.54) is 6.07 Å². The lowest BCUT2D eigenvalue weighted by Crippen LogP contribution is -2.16. The van der Waals surface area contributed by atoms with E-state index in [1.54, 1.807) is 6.07 Å². The molecule has 0 spiro atoms. The summed E-state index contributed by atoms with van der Waals surface area (Å²) in [5, 5.41) is 18.9. The van der Waals surface area contributed by atoms with Gasteiger partial charge in [-0.05, 0) is 41.8 Å². The summed E-state index contributed by atoms with van der Waals surface area (Å²) < 4.78 is 32.3. The molecule has 2 aromatic rings. The van der Waals surface area contributed by atoms with Gasteiger partial charge in [0, 0.05) is 18.7 Å². The molecule has 0 aromatic heterocycles. The van der Waals surface area contributed by atoms with E-state index in [0.29, 0.717) is 24.3 Å². The van der Waals surface area contributed by atoms with Crippen LogP contribution in [0.2, 0.25) is 0 Å². The number of halogens is 2. The van der Waals surface area contributed by atoms with E-state index in [2.05, 4.69) is 5.32 Å². The molecule has 3 N–H and O–H groups in total. The van der Waals surface area contributed by atoms with Gasteiger partial charge in [-0.25, -0.2) is 18.4 Å². The van der Waals surface area contributed by atoms with Crippen LogP contribution in [0.15, 0.2) is 54.6 Å². The number of ether oxygens (including phenoxy) is 1. The van der Waals surface area contributed by atoms with Gasteiger partial charge in [0.15, 0.2) is 11.6 Å². The second-order valence-corrected chi connectivity index (χ2v) is 6.22. The van der Waals surface area contributed by atoms with Gasteiger partial charge < -0.3 is 20.3 Å². The van der Waals surface area contributed by atoms with Gasteiger partial charge >= 0.3 is 11.9 Å². The van der Waals surface area contributed by atoms with Crippen LogP contribution in [0.5, 0.6) is 0 Å². The molecule has 1 saturated heterocycles. The maximum atomic E-state index is 13.4. The Hall–Kier alpha value is -3.10. The van der Waals surface area contributed by atoms with Crippen molar-refractivity contribution in [3.63, 3.8) is 0 Å². The number of hydrogen-bond acceptors (Lipinski definition) is 4. The standard InChI is InChI=1S/C17H17F2NO.C4H4O4/c18-16-6-5-12(9-17(16)19)15-4-2-1-3-13(15)11-21-14-7-8-20-10-14;5-3(6)1-2-4(7)8/h1-6,9,14,20H,7-8,10-11H2;1-2H,(H,5,6)(H,7,8)/t14-;/m1./s1. The molecular weight excluding hydrogens is 384 g/mol. The summed E-state index contributed by atoms with van der Waals surface area (Å²) in [6, 6.07) is 11.6. The van der Waals surface area contributed by atoms with Crippen LogP contribution in [0.3, 0.4) is 0 Å². The van der Waals surface area contributed by atoms with Gasteiger partial charge in [0.2, 0.25) is 0 Å². The highest BCUT2D eigenvalue weighted by Gasteiger charge is 2.16. The average molecular weight is 405 g/mol. The van der Waals surface area contributed by atoms with Gasteiger partial charge in [-0.1, -0.05) is 30.3 Å². The third-order valence-corrected chi connectivity index (χ3v) is 4.11. The number of carboxylic acids is 2. The first-order chi connectivity index (χ1) is 13.9. The minimum absolute atomic E-state index is 0.225. The fourth-order valence-corrected chi connectivity index (χ4v) is 2.71. The monoisotopic (exact) mass is 405 g/mol. The highest BCUT2D eigenvalue weighted by molar-refractivity contribution is 5.89. The van der Waals surface area contributed by atoms with Gasteiger partial charge in [-0.15, -0.1) is 0 Å². The van der Waals surface area contributed by atoms with Gasteiger partial charge in [0.25, 0.3) is 0 Å². The van der Waals surface area contributed by atoms with Crippen LogP contribution in [0, 0.1) is 11.6 Å². The zero-order valence-corrected chi connectivity index (χ0v) is 15.5. The van der Waals surface area contributed by atoms with Crippen LogP contribution in [0.1, 0.15) is 12.0 Å². The van der Waals surface area contributed by atoms with E-state index in [4.69, 9.17) is 14.9 Å². The number of nitrogens with one attached hydrogen (secondary N) is 1. The van der Waals surface area contributed by atoms with E-state index in [0.717, 1.165) is 36.7 Å². The van der Waals surface area contributed by atoms with Gasteiger partial charge in [0.05, 0.1) is 12.7 Å². The summed E-state index contributed by atoms with van der Waals surface area (Å²) in [4.78, 5) is 19.1. The molecule has 1 aliphatic rings. The fourth-order valence-electron chi connectivity index (χ4n) is 2.71. The zero-order valence-electron chi connectivity index (χ0n) is 15.5. The molecule has 0 bridgehead atoms. The number of hydrogen-bond donors (Lipinski definition) is 3. The van der Waals surface area contributed by atoms with Crippen molar-refractivity contribution in [2.24, 2.45) is 0 Å². The third-order valence-electron chi connectivity index (χ3n) is 4.11. The van der Waals surface area contributed by atoms with Crippen molar-refractivity contribution in [2.75, 3.05) is 13.1 Å². The molecular formula is C21H21F2NO5. The Morgan fingerprint density at radius 3 is 2.34 bits per heavy atom. The Bertz CT molecular complexity index is 863. The first-order valence-corrected chi connectivity index (χ1v) is 8.86. The topological polar surface area (TPSA) is 95.9 Å². The molecule has 0 radical (unpaired) electrons. The highest BCUT2D eigenvalue weighted by atomic mass is 19.2. The zero-order chi connectivity index (χ0) is 21.2. The Labute approximate surface area is 166 Å². The van der Waals surface area contributed by atoms with E-state index in [1.807, 2.05) is 24.3 Å². The summed E-state index contributed by atoms with van der Waals surface area (Å²) in [5.74, 6) is -4.17. The van der Waals surface area contributed by atoms with Gasteiger partial charge in [0.1, 0.15) is 0 Å². The second-order valence-electron chi connectivity index (χ2n) is 6.22. The van der Waals surface area contributed by atoms with Crippen molar-refractivity contribution >= 4 is 11.9 Å². The molecule has 6 nitrogen and oxygen atoms in total. The normalized spacial score (nSPS) is 15.7. The number of carbonyl (C=O) groups is 2. The van der Waals surface area contributed by atoms with E-state index < -0.39 is 23.6 Å². The predicted octanol–water partition coefficient (Wildman–Crippen LogP) is 3.22. The summed E-state index contributed by atoms with van der Waals surface area (Å²) in [6.07, 6.45) is 2.35. The van der Waals surface area contributed by atoms with Gasteiger partial charge in [-0.3, -0.25) is 0 Å². The Kier molecular flexibility index (Phi) is 8.45. The van der Waals surface area contributed by atoms with Crippen molar-refractivity contribution < 1.29 is 33.3 Å². The molecule has 2 aromatic carbocycles. The second kappa shape index (κ2) is 11.0. The summed E-state index contributed by atoms with van der Waals surface area (Å²) in [6.45, 7) is 2.32. The quantitative estimate of drug-likeness (QED) is 0.639. The lowest BCUT2D eigenvalue weighted by molar-refractivity contribution is -0.134. The van der Waals surface area contributed by atoms with Crippen molar-refractivity contribution in [2.45, 2.75) is 19.1 Å². The predicted molar refractivity (Wildman–Crippen MR) is 102 cm³/mol. The molecule has 0 aliphatic carbocycles. The van der Waals surface area contributed by atoms with Crippen LogP contribution in [-0.2, 0) is 20.9 Å². The maximum absolute atomic E-state index is 13.4. The summed E-state index contributed by atoms with van der Waals surface area (Å²) in [5.41, 5.74) is 2.52. The Morgan fingerprint density at radius 2 is 1.76 bits per heavy atom. The van der Waals surface area contributed by atoms with Crippen molar-refractivity contribution in [3.05, 3.63) is 71.8 Å². The molecule has 3 rings (SSSR count). The van der Waals surface area contributed by atoms with Crippen molar-refractivity contribution in [1.29, 1.82) is 0 Å². The average Bonchev–Trinajstić information content (AvgIpc) is 3.21. The van der Waals surface area contributed by atoms with E-state index in [9.17, 15) is 18.4 Å². The van der Waals surface area contributed by atoms with Crippen LogP contribution >= 0.6 is 0 Å². The minimum Gasteiger partial charge on any atom is -0.478 e. The van der Waals surface area contributed by atoms with Crippen LogP contribution in [-0.4, -0.2) is 41.3 Å². The molecule has 1 heterocycles. The first kappa shape index (κ1) is 22.2. The maximum Gasteiger partial charge on any atom is 0.328 e. The molecule has 1 aliphatic heterocycles. The molecule has 0 unspecified atom stereocenters. The lowest BCUT2D eigenvalue weighted by Gasteiger charge is -2.14. The molecule has 0 amide bonds. The Morgan fingerprint density at radius 1 is 1.07 bits per heavy atom. The molecule has 8 heteroatoms. The molecule has 154 valence electrons. The minimum atomic E-state index is -1.26. The largest absolute Gasteiger partial charge is 0.478 e. The molecule has 1 fully saturated rings. The van der Waals surface area contributed by atoms with Crippen LogP contribution < -0.4 is 5.32 Å². The molecule has 1 atom stereocenters. The fraction of sp³-hybridized carbons (Fsp3) is 0.238. The summed E-state index contributed by atoms with van der Waals surface area (Å²) in [7, 11) is 0. The van der Waals surface area contributed by atoms with Gasteiger partial charge in [-0.2, -0.15) is 0 Å². The smallest absolute Gasteiger partial charge is 0.328 e. The van der Waals surface area contributed by atoms with Crippen molar-refractivity contribution in [3.8, 4) is 11.1 Å². The molecule has 29 heavy (non-hydrogen) atoms. The highest BCUT2D eigenvalue weighted by Crippen LogP contribution is 2.26. The number of aliphatic carboxylic acids is 2. The molecule has 0 saturated carbocycles. The van der Waals surface area contributed by atoms with Crippen molar-refractivity contribution in [1.82, 2.24) is 5.32 Å². The SMILES string of the molecule is Fc1ccc(-c2ccccc2CO[C@@H]2CCNC2)cc1F.O=C(O)C=CC(=O)O.